The lowest BCUT2D eigenvalue weighted by molar-refractivity contribution is 1.29. The smallest absolute Gasteiger partial charge is 0.134 e. The second-order valence-corrected chi connectivity index (χ2v) is 12.2. The Morgan fingerprint density at radius 2 is 0.941 bits per heavy atom. The number of pyridine rings is 1. The molecule has 4 heteroatoms. The van der Waals surface area contributed by atoms with E-state index in [1.54, 1.807) is 0 Å². The van der Waals surface area contributed by atoms with E-state index in [9.17, 15) is 0 Å². The van der Waals surface area contributed by atoms with Gasteiger partial charge in [-0.05, 0) is 49.2 Å². The maximum absolute atomic E-state index is 4.83. The van der Waals surface area contributed by atoms with Crippen LogP contribution >= 0.6 is 15.8 Å². The molecule has 0 aliphatic heterocycles. The predicted octanol–water partition coefficient (Wildman–Crippen LogP) is 5.34. The van der Waals surface area contributed by atoms with Crippen LogP contribution in [0.15, 0.2) is 140 Å². The van der Waals surface area contributed by atoms with E-state index in [1.165, 1.54) is 26.5 Å². The minimum absolute atomic E-state index is 0.559. The number of benzene rings is 4. The molecule has 0 atom stereocenters. The SMILES string of the molecule is c1ccc(P(CNc2ncccc2P(c2ccccc2)c2ccccc2)c2ccccc2)cc1. The van der Waals surface area contributed by atoms with Gasteiger partial charge >= 0.3 is 0 Å². The molecule has 0 fully saturated rings. The highest BCUT2D eigenvalue weighted by Crippen LogP contribution is 2.37. The molecule has 0 unspecified atom stereocenters. The van der Waals surface area contributed by atoms with E-state index in [0.717, 1.165) is 12.1 Å². The van der Waals surface area contributed by atoms with Gasteiger partial charge in [-0.3, -0.25) is 0 Å². The minimum atomic E-state index is -0.724. The highest BCUT2D eigenvalue weighted by Gasteiger charge is 2.21. The van der Waals surface area contributed by atoms with Crippen molar-refractivity contribution in [2.75, 3.05) is 11.6 Å². The maximum Gasteiger partial charge on any atom is 0.134 e. The van der Waals surface area contributed by atoms with E-state index in [1.807, 2.05) is 6.20 Å². The van der Waals surface area contributed by atoms with E-state index in [-0.39, 0.29) is 0 Å². The van der Waals surface area contributed by atoms with Gasteiger partial charge in [0.25, 0.3) is 0 Å². The fourth-order valence-electron chi connectivity index (χ4n) is 4.00. The van der Waals surface area contributed by atoms with Crippen molar-refractivity contribution in [3.05, 3.63) is 140 Å². The lowest BCUT2D eigenvalue weighted by Gasteiger charge is -2.24. The molecule has 0 aliphatic rings. The first-order valence-electron chi connectivity index (χ1n) is 11.4. The summed E-state index contributed by atoms with van der Waals surface area (Å²) in [5.74, 6) is 0.973. The second-order valence-electron chi connectivity index (χ2n) is 7.81. The third-order valence-electron chi connectivity index (χ3n) is 5.60. The topological polar surface area (TPSA) is 24.9 Å². The summed E-state index contributed by atoms with van der Waals surface area (Å²) in [6.45, 7) is 0. The lowest BCUT2D eigenvalue weighted by atomic mass is 10.4. The first-order valence-corrected chi connectivity index (χ1v) is 14.2. The Morgan fingerprint density at radius 1 is 0.500 bits per heavy atom. The molecule has 0 saturated carbocycles. The van der Waals surface area contributed by atoms with Crippen LogP contribution in [0.5, 0.6) is 0 Å². The molecule has 0 saturated heterocycles. The molecule has 0 bridgehead atoms. The van der Waals surface area contributed by atoms with Crippen molar-refractivity contribution in [3.63, 3.8) is 0 Å². The second kappa shape index (κ2) is 11.2. The zero-order chi connectivity index (χ0) is 23.0. The first kappa shape index (κ1) is 22.5. The number of nitrogens with one attached hydrogen (secondary N) is 1. The molecule has 5 aromatic rings. The van der Waals surface area contributed by atoms with Gasteiger partial charge < -0.3 is 5.32 Å². The molecule has 166 valence electrons. The summed E-state index contributed by atoms with van der Waals surface area (Å²) in [7, 11) is -1.28. The highest BCUT2D eigenvalue weighted by molar-refractivity contribution is 7.80. The standard InChI is InChI=1S/C30H26N2P2/c1-5-14-25(15-6-1)33(26-16-7-2-8-17-26)24-32-30-29(22-13-23-31-30)34(27-18-9-3-10-19-27)28-20-11-4-12-21-28/h1-23H,24H2,(H,31,32). The zero-order valence-corrected chi connectivity index (χ0v) is 20.6. The molecular weight excluding hydrogens is 450 g/mol. The highest BCUT2D eigenvalue weighted by atomic mass is 31.1. The van der Waals surface area contributed by atoms with E-state index in [0.29, 0.717) is 0 Å². The van der Waals surface area contributed by atoms with E-state index < -0.39 is 15.8 Å². The predicted molar refractivity (Wildman–Crippen MR) is 151 cm³/mol. The Balaban J connectivity index is 1.51. The largest absolute Gasteiger partial charge is 0.365 e. The number of hydrogen-bond acceptors (Lipinski definition) is 2. The molecule has 0 amide bonds. The average Bonchev–Trinajstić information content (AvgIpc) is 2.92. The maximum atomic E-state index is 4.83. The molecule has 0 spiro atoms. The van der Waals surface area contributed by atoms with Gasteiger partial charge in [-0.2, -0.15) is 0 Å². The van der Waals surface area contributed by atoms with Gasteiger partial charge in [0.2, 0.25) is 0 Å². The molecule has 5 rings (SSSR count). The van der Waals surface area contributed by atoms with Crippen LogP contribution < -0.4 is 31.8 Å². The number of hydrogen-bond donors (Lipinski definition) is 1. The summed E-state index contributed by atoms with van der Waals surface area (Å²) in [4.78, 5) is 4.83. The van der Waals surface area contributed by atoms with E-state index in [2.05, 4.69) is 139 Å². The number of anilines is 1. The summed E-state index contributed by atoms with van der Waals surface area (Å²) in [6, 6.07) is 47.5. The van der Waals surface area contributed by atoms with Crippen LogP contribution in [0.1, 0.15) is 0 Å². The Hall–Kier alpha value is -3.31. The van der Waals surface area contributed by atoms with Crippen molar-refractivity contribution in [2.24, 2.45) is 0 Å². The van der Waals surface area contributed by atoms with E-state index >= 15 is 0 Å². The van der Waals surface area contributed by atoms with Crippen LogP contribution in [0.25, 0.3) is 0 Å². The van der Waals surface area contributed by atoms with Crippen LogP contribution in [-0.4, -0.2) is 11.3 Å². The van der Waals surface area contributed by atoms with Gasteiger partial charge in [0.15, 0.2) is 0 Å². The fraction of sp³-hybridized carbons (Fsp3) is 0.0333. The monoisotopic (exact) mass is 476 g/mol. The molecule has 4 aromatic carbocycles. The number of rotatable bonds is 8. The van der Waals surface area contributed by atoms with Crippen molar-refractivity contribution in [1.29, 1.82) is 0 Å². The van der Waals surface area contributed by atoms with Crippen LogP contribution in [0, 0.1) is 0 Å². The molecule has 34 heavy (non-hydrogen) atoms. The molecule has 2 nitrogen and oxygen atoms in total. The Labute approximate surface area is 204 Å². The third kappa shape index (κ3) is 5.26. The Kier molecular flexibility index (Phi) is 7.41. The zero-order valence-electron chi connectivity index (χ0n) is 18.8. The summed E-state index contributed by atoms with van der Waals surface area (Å²) in [5.41, 5.74) is 0. The average molecular weight is 477 g/mol. The van der Waals surface area contributed by atoms with Crippen molar-refractivity contribution in [3.8, 4) is 0 Å². The lowest BCUT2D eigenvalue weighted by Crippen LogP contribution is -2.25. The Bertz CT molecular complexity index is 1220. The first-order chi connectivity index (χ1) is 16.9. The van der Waals surface area contributed by atoms with Crippen LogP contribution in [0.3, 0.4) is 0 Å². The van der Waals surface area contributed by atoms with Crippen molar-refractivity contribution in [2.45, 2.75) is 0 Å². The molecule has 0 aliphatic carbocycles. The third-order valence-corrected chi connectivity index (χ3v) is 10.4. The van der Waals surface area contributed by atoms with Gasteiger partial charge in [-0.1, -0.05) is 121 Å². The quantitative estimate of drug-likeness (QED) is 0.306. The van der Waals surface area contributed by atoms with Crippen molar-refractivity contribution < 1.29 is 0 Å². The van der Waals surface area contributed by atoms with E-state index in [4.69, 9.17) is 4.98 Å². The van der Waals surface area contributed by atoms with Crippen LogP contribution in [-0.2, 0) is 0 Å². The number of aromatic nitrogens is 1. The molecule has 1 aromatic heterocycles. The molecular formula is C30H26N2P2. The van der Waals surface area contributed by atoms with Gasteiger partial charge in [0.05, 0.1) is 0 Å². The van der Waals surface area contributed by atoms with Gasteiger partial charge in [0.1, 0.15) is 5.82 Å². The minimum Gasteiger partial charge on any atom is -0.365 e. The van der Waals surface area contributed by atoms with Gasteiger partial charge in [-0.15, -0.1) is 0 Å². The summed E-state index contributed by atoms with van der Waals surface area (Å²) in [6.07, 6.45) is 2.72. The molecule has 0 radical (unpaired) electrons. The van der Waals surface area contributed by atoms with Gasteiger partial charge in [0, 0.05) is 17.8 Å². The van der Waals surface area contributed by atoms with Crippen LogP contribution in [0.2, 0.25) is 0 Å². The van der Waals surface area contributed by atoms with Gasteiger partial charge in [-0.25, -0.2) is 4.98 Å². The summed E-state index contributed by atoms with van der Waals surface area (Å²) < 4.78 is 0. The fourth-order valence-corrected chi connectivity index (χ4v) is 8.41. The van der Waals surface area contributed by atoms with Crippen molar-refractivity contribution >= 4 is 48.2 Å². The molecule has 1 N–H and O–H groups in total. The summed E-state index contributed by atoms with van der Waals surface area (Å²) >= 11 is 0. The Morgan fingerprint density at radius 3 is 1.41 bits per heavy atom. The van der Waals surface area contributed by atoms with Crippen molar-refractivity contribution in [1.82, 2.24) is 4.98 Å². The molecule has 1 heterocycles. The number of nitrogens with zero attached hydrogens (tertiary/aromatic N) is 1. The summed E-state index contributed by atoms with van der Waals surface area (Å²) in [5, 5.41) is 10.4. The normalized spacial score (nSPS) is 11.0. The van der Waals surface area contributed by atoms with Crippen LogP contribution in [0.4, 0.5) is 5.82 Å².